The first-order chi connectivity index (χ1) is 7.88. The molecule has 1 aromatic carbocycles. The van der Waals surface area contributed by atoms with E-state index in [1.165, 1.54) is 17.5 Å². The molecule has 0 saturated carbocycles. The summed E-state index contributed by atoms with van der Waals surface area (Å²) in [7, 11) is 1.91. The zero-order chi connectivity index (χ0) is 11.0. The van der Waals surface area contributed by atoms with Crippen molar-refractivity contribution in [3.05, 3.63) is 47.8 Å². The van der Waals surface area contributed by atoms with Gasteiger partial charge in [-0.15, -0.1) is 0 Å². The Bertz CT molecular complexity index is 501. The molecule has 16 heavy (non-hydrogen) atoms. The van der Waals surface area contributed by atoms with Crippen LogP contribution in [0.5, 0.6) is 0 Å². The van der Waals surface area contributed by atoms with Gasteiger partial charge in [-0.3, -0.25) is 0 Å². The number of rotatable bonds is 3. The zero-order valence-corrected chi connectivity index (χ0v) is 9.35. The van der Waals surface area contributed by atoms with E-state index < -0.39 is 0 Å². The maximum Gasteiger partial charge on any atom is 0.202 e. The number of nitrogens with one attached hydrogen (secondary N) is 1. The molecule has 2 aromatic rings. The van der Waals surface area contributed by atoms with E-state index in [0.29, 0.717) is 5.92 Å². The highest BCUT2D eigenvalue weighted by Gasteiger charge is 2.25. The molecule has 0 aliphatic heterocycles. The smallest absolute Gasteiger partial charge is 0.202 e. The van der Waals surface area contributed by atoms with Gasteiger partial charge in [0, 0.05) is 31.9 Å². The maximum atomic E-state index is 4.25. The highest BCUT2D eigenvalue weighted by Crippen LogP contribution is 2.36. The summed E-state index contributed by atoms with van der Waals surface area (Å²) in [5.74, 6) is 1.60. The standard InChI is InChI=1S/C13H15N3/c1-14-13-15-6-7-16(13)9-11-8-10-4-2-3-5-12(10)11/h2-7,11H,8-9H2,1H3,(H,14,15). The van der Waals surface area contributed by atoms with Crippen molar-refractivity contribution in [1.29, 1.82) is 0 Å². The summed E-state index contributed by atoms with van der Waals surface area (Å²) in [5.41, 5.74) is 3.00. The van der Waals surface area contributed by atoms with Crippen LogP contribution in [0.1, 0.15) is 17.0 Å². The van der Waals surface area contributed by atoms with Gasteiger partial charge in [0.2, 0.25) is 5.95 Å². The van der Waals surface area contributed by atoms with Crippen molar-refractivity contribution >= 4 is 5.95 Å². The average molecular weight is 213 g/mol. The van der Waals surface area contributed by atoms with E-state index >= 15 is 0 Å². The Morgan fingerprint density at radius 3 is 3.12 bits per heavy atom. The van der Waals surface area contributed by atoms with Crippen LogP contribution in [-0.4, -0.2) is 16.6 Å². The van der Waals surface area contributed by atoms with Gasteiger partial charge in [0.15, 0.2) is 0 Å². The number of anilines is 1. The molecule has 82 valence electrons. The van der Waals surface area contributed by atoms with E-state index in [4.69, 9.17) is 0 Å². The molecule has 0 saturated heterocycles. The second-order valence-electron chi connectivity index (χ2n) is 4.25. The number of nitrogens with zero attached hydrogens (tertiary/aromatic N) is 2. The van der Waals surface area contributed by atoms with Gasteiger partial charge in [-0.2, -0.15) is 0 Å². The Kier molecular flexibility index (Phi) is 2.17. The van der Waals surface area contributed by atoms with Crippen molar-refractivity contribution < 1.29 is 0 Å². The van der Waals surface area contributed by atoms with E-state index in [9.17, 15) is 0 Å². The van der Waals surface area contributed by atoms with Gasteiger partial charge in [0.25, 0.3) is 0 Å². The molecule has 1 aromatic heterocycles. The van der Waals surface area contributed by atoms with Gasteiger partial charge in [0.1, 0.15) is 0 Å². The van der Waals surface area contributed by atoms with Gasteiger partial charge in [-0.25, -0.2) is 4.98 Å². The highest BCUT2D eigenvalue weighted by molar-refractivity contribution is 5.40. The van der Waals surface area contributed by atoms with Crippen LogP contribution in [0.15, 0.2) is 36.7 Å². The quantitative estimate of drug-likeness (QED) is 0.847. The van der Waals surface area contributed by atoms with E-state index in [-0.39, 0.29) is 0 Å². The van der Waals surface area contributed by atoms with Crippen LogP contribution in [0, 0.1) is 0 Å². The fraction of sp³-hybridized carbons (Fsp3) is 0.308. The molecule has 1 aliphatic rings. The third-order valence-electron chi connectivity index (χ3n) is 3.32. The van der Waals surface area contributed by atoms with Crippen molar-refractivity contribution in [2.45, 2.75) is 18.9 Å². The van der Waals surface area contributed by atoms with Crippen molar-refractivity contribution in [2.75, 3.05) is 12.4 Å². The number of hydrogen-bond acceptors (Lipinski definition) is 2. The van der Waals surface area contributed by atoms with Crippen molar-refractivity contribution in [2.24, 2.45) is 0 Å². The van der Waals surface area contributed by atoms with Crippen molar-refractivity contribution in [1.82, 2.24) is 9.55 Å². The molecule has 3 nitrogen and oxygen atoms in total. The molecular weight excluding hydrogens is 198 g/mol. The second kappa shape index (κ2) is 3.67. The molecule has 1 heterocycles. The number of benzene rings is 1. The number of imidazole rings is 1. The lowest BCUT2D eigenvalue weighted by Crippen LogP contribution is -2.22. The summed E-state index contributed by atoms with van der Waals surface area (Å²) in [6.07, 6.45) is 5.07. The molecule has 1 N–H and O–H groups in total. The fourth-order valence-corrected chi connectivity index (χ4v) is 2.45. The topological polar surface area (TPSA) is 29.9 Å². The van der Waals surface area contributed by atoms with E-state index in [0.717, 1.165) is 12.5 Å². The van der Waals surface area contributed by atoms with Gasteiger partial charge in [-0.05, 0) is 17.5 Å². The third kappa shape index (κ3) is 1.40. The number of aromatic nitrogens is 2. The molecule has 0 radical (unpaired) electrons. The SMILES string of the molecule is CNc1nccn1CC1Cc2ccccc21. The first-order valence-electron chi connectivity index (χ1n) is 5.65. The van der Waals surface area contributed by atoms with E-state index in [1.807, 2.05) is 19.4 Å². The minimum absolute atomic E-state index is 0.650. The summed E-state index contributed by atoms with van der Waals surface area (Å²) in [5, 5.41) is 3.10. The molecule has 0 fully saturated rings. The molecule has 1 aliphatic carbocycles. The Hall–Kier alpha value is -1.77. The fourth-order valence-electron chi connectivity index (χ4n) is 2.45. The highest BCUT2D eigenvalue weighted by atomic mass is 15.2. The lowest BCUT2D eigenvalue weighted by Gasteiger charge is -2.30. The van der Waals surface area contributed by atoms with Gasteiger partial charge < -0.3 is 9.88 Å². The van der Waals surface area contributed by atoms with Crippen LogP contribution in [0.3, 0.4) is 0 Å². The molecule has 3 heteroatoms. The molecule has 3 rings (SSSR count). The number of hydrogen-bond donors (Lipinski definition) is 1. The molecule has 0 bridgehead atoms. The third-order valence-corrected chi connectivity index (χ3v) is 3.32. The van der Waals surface area contributed by atoms with Crippen LogP contribution < -0.4 is 5.32 Å². The summed E-state index contributed by atoms with van der Waals surface area (Å²) in [4.78, 5) is 4.25. The van der Waals surface area contributed by atoms with Crippen LogP contribution >= 0.6 is 0 Å². The minimum atomic E-state index is 0.650. The average Bonchev–Trinajstić information content (AvgIpc) is 2.73. The molecule has 1 unspecified atom stereocenters. The Morgan fingerprint density at radius 2 is 2.31 bits per heavy atom. The van der Waals surface area contributed by atoms with Crippen LogP contribution in [-0.2, 0) is 13.0 Å². The zero-order valence-electron chi connectivity index (χ0n) is 9.35. The first kappa shape index (κ1) is 9.46. The predicted molar refractivity (Wildman–Crippen MR) is 64.7 cm³/mol. The summed E-state index contributed by atoms with van der Waals surface area (Å²) in [6.45, 7) is 1.02. The Balaban J connectivity index is 1.79. The van der Waals surface area contributed by atoms with E-state index in [2.05, 4.69) is 39.1 Å². The maximum absolute atomic E-state index is 4.25. The Morgan fingerprint density at radius 1 is 1.44 bits per heavy atom. The van der Waals surface area contributed by atoms with E-state index in [1.54, 1.807) is 0 Å². The van der Waals surface area contributed by atoms with Crippen molar-refractivity contribution in [3.63, 3.8) is 0 Å². The molecule has 1 atom stereocenters. The molecular formula is C13H15N3. The summed E-state index contributed by atoms with van der Waals surface area (Å²) in [6, 6.07) is 8.70. The van der Waals surface area contributed by atoms with Gasteiger partial charge in [0.05, 0.1) is 0 Å². The predicted octanol–water partition coefficient (Wildman–Crippen LogP) is 2.26. The summed E-state index contributed by atoms with van der Waals surface area (Å²) >= 11 is 0. The molecule has 0 spiro atoms. The largest absolute Gasteiger partial charge is 0.359 e. The van der Waals surface area contributed by atoms with Crippen LogP contribution in [0.4, 0.5) is 5.95 Å². The van der Waals surface area contributed by atoms with Crippen LogP contribution in [0.2, 0.25) is 0 Å². The van der Waals surface area contributed by atoms with Gasteiger partial charge in [-0.1, -0.05) is 24.3 Å². The Labute approximate surface area is 95.1 Å². The van der Waals surface area contributed by atoms with Crippen LogP contribution in [0.25, 0.3) is 0 Å². The minimum Gasteiger partial charge on any atom is -0.359 e. The lowest BCUT2D eigenvalue weighted by molar-refractivity contribution is 0.512. The summed E-state index contributed by atoms with van der Waals surface area (Å²) < 4.78 is 2.18. The first-order valence-corrected chi connectivity index (χ1v) is 5.65. The second-order valence-corrected chi connectivity index (χ2v) is 4.25. The monoisotopic (exact) mass is 213 g/mol. The lowest BCUT2D eigenvalue weighted by atomic mass is 9.77. The van der Waals surface area contributed by atoms with Gasteiger partial charge >= 0.3 is 0 Å². The molecule has 0 amide bonds. The van der Waals surface area contributed by atoms with Crippen molar-refractivity contribution in [3.8, 4) is 0 Å². The number of fused-ring (bicyclic) bond motifs is 1. The normalized spacial score (nSPS) is 17.7.